The van der Waals surface area contributed by atoms with Gasteiger partial charge >= 0.3 is 11.9 Å². The summed E-state index contributed by atoms with van der Waals surface area (Å²) in [4.78, 5) is 23.5. The van der Waals surface area contributed by atoms with Gasteiger partial charge in [0, 0.05) is 0 Å². The van der Waals surface area contributed by atoms with Crippen molar-refractivity contribution >= 4 is 11.9 Å². The van der Waals surface area contributed by atoms with Crippen molar-refractivity contribution in [2.24, 2.45) is 17.3 Å². The molecule has 1 heterocycles. The zero-order valence-corrected chi connectivity index (χ0v) is 11.6. The molecule has 1 fully saturated rings. The molecule has 1 rings (SSSR count). The van der Waals surface area contributed by atoms with Crippen LogP contribution in [0.4, 0.5) is 0 Å². The normalized spacial score (nSPS) is 21.1. The van der Waals surface area contributed by atoms with E-state index in [0.29, 0.717) is 11.5 Å². The number of ether oxygens (including phenoxy) is 1. The van der Waals surface area contributed by atoms with Crippen LogP contribution in [0.3, 0.4) is 0 Å². The van der Waals surface area contributed by atoms with Gasteiger partial charge in [0.05, 0.1) is 11.5 Å². The van der Waals surface area contributed by atoms with Gasteiger partial charge in [0.2, 0.25) is 0 Å². The van der Waals surface area contributed by atoms with Crippen LogP contribution in [-0.2, 0) is 14.3 Å². The minimum absolute atomic E-state index is 0.246. The molecule has 17 heavy (non-hydrogen) atoms. The minimum atomic E-state index is -0.461. The summed E-state index contributed by atoms with van der Waals surface area (Å²) in [6.45, 7) is 12.0. The molecule has 96 valence electrons. The Labute approximate surface area is 103 Å². The molecule has 0 amide bonds. The number of allylic oxidation sites excluding steroid dienone is 1. The Balaban J connectivity index is 3.14. The maximum atomic E-state index is 11.9. The quantitative estimate of drug-likeness (QED) is 0.431. The highest BCUT2D eigenvalue weighted by atomic mass is 16.6. The number of cyclic esters (lactones) is 2. The third kappa shape index (κ3) is 2.76. The SMILES string of the molecule is CC(C)=C1C(=O)OC(=O)C1C(C)(C)CC(C)C. The van der Waals surface area contributed by atoms with E-state index in [-0.39, 0.29) is 5.41 Å². The second-order valence-corrected chi connectivity index (χ2v) is 6.14. The monoisotopic (exact) mass is 238 g/mol. The molecule has 0 saturated carbocycles. The summed E-state index contributed by atoms with van der Waals surface area (Å²) in [5, 5.41) is 0. The molecule has 0 aromatic carbocycles. The Morgan fingerprint density at radius 1 is 1.29 bits per heavy atom. The van der Waals surface area contributed by atoms with Gasteiger partial charge in [-0.3, -0.25) is 4.79 Å². The fourth-order valence-electron chi connectivity index (χ4n) is 2.81. The second-order valence-electron chi connectivity index (χ2n) is 6.14. The Bertz CT molecular complexity index is 371. The van der Waals surface area contributed by atoms with Crippen LogP contribution in [-0.4, -0.2) is 11.9 Å². The van der Waals surface area contributed by atoms with Crippen molar-refractivity contribution in [3.05, 3.63) is 11.1 Å². The zero-order chi connectivity index (χ0) is 13.4. The predicted molar refractivity (Wildman–Crippen MR) is 66.2 cm³/mol. The van der Waals surface area contributed by atoms with E-state index in [1.807, 2.05) is 27.7 Å². The van der Waals surface area contributed by atoms with Crippen LogP contribution in [0.25, 0.3) is 0 Å². The fraction of sp³-hybridized carbons (Fsp3) is 0.714. The molecule has 0 bridgehead atoms. The molecule has 1 saturated heterocycles. The Kier molecular flexibility index (Phi) is 3.80. The highest BCUT2D eigenvalue weighted by Crippen LogP contribution is 2.43. The molecule has 0 aromatic heterocycles. The van der Waals surface area contributed by atoms with Gasteiger partial charge in [0.15, 0.2) is 0 Å². The summed E-state index contributed by atoms with van der Waals surface area (Å²) in [5.41, 5.74) is 1.19. The summed E-state index contributed by atoms with van der Waals surface area (Å²) < 4.78 is 4.78. The Hall–Kier alpha value is -1.12. The lowest BCUT2D eigenvalue weighted by atomic mass is 9.70. The molecule has 0 aliphatic carbocycles. The van der Waals surface area contributed by atoms with Gasteiger partial charge in [0.25, 0.3) is 0 Å². The number of rotatable bonds is 3. The lowest BCUT2D eigenvalue weighted by molar-refractivity contribution is -0.154. The van der Waals surface area contributed by atoms with Gasteiger partial charge in [-0.05, 0) is 31.6 Å². The average Bonchev–Trinajstić information content (AvgIpc) is 2.38. The van der Waals surface area contributed by atoms with Gasteiger partial charge in [-0.1, -0.05) is 33.3 Å². The highest BCUT2D eigenvalue weighted by Gasteiger charge is 2.48. The first kappa shape index (κ1) is 13.9. The third-order valence-electron chi connectivity index (χ3n) is 3.19. The molecule has 3 nitrogen and oxygen atoms in total. The van der Waals surface area contributed by atoms with Crippen molar-refractivity contribution in [1.29, 1.82) is 0 Å². The number of hydrogen-bond acceptors (Lipinski definition) is 3. The van der Waals surface area contributed by atoms with Crippen molar-refractivity contribution in [2.75, 3.05) is 0 Å². The molecule has 0 aromatic rings. The van der Waals surface area contributed by atoms with Gasteiger partial charge < -0.3 is 4.74 Å². The average molecular weight is 238 g/mol. The summed E-state index contributed by atoms with van der Waals surface area (Å²) >= 11 is 0. The van der Waals surface area contributed by atoms with E-state index in [0.717, 1.165) is 12.0 Å². The number of carbonyl (C=O) groups is 2. The molecule has 1 aliphatic heterocycles. The van der Waals surface area contributed by atoms with Crippen molar-refractivity contribution < 1.29 is 14.3 Å². The van der Waals surface area contributed by atoms with E-state index in [2.05, 4.69) is 13.8 Å². The van der Waals surface area contributed by atoms with Crippen LogP contribution in [0.5, 0.6) is 0 Å². The van der Waals surface area contributed by atoms with E-state index >= 15 is 0 Å². The zero-order valence-electron chi connectivity index (χ0n) is 11.6. The molecular weight excluding hydrogens is 216 g/mol. The molecule has 1 unspecified atom stereocenters. The van der Waals surface area contributed by atoms with E-state index in [1.165, 1.54) is 0 Å². The molecule has 1 atom stereocenters. The maximum absolute atomic E-state index is 11.9. The van der Waals surface area contributed by atoms with Crippen LogP contribution >= 0.6 is 0 Å². The lowest BCUT2D eigenvalue weighted by Gasteiger charge is -2.31. The van der Waals surface area contributed by atoms with Crippen LogP contribution in [0, 0.1) is 17.3 Å². The Morgan fingerprint density at radius 3 is 2.24 bits per heavy atom. The lowest BCUT2D eigenvalue weighted by Crippen LogP contribution is -2.30. The summed E-state index contributed by atoms with van der Waals surface area (Å²) in [7, 11) is 0. The molecule has 3 heteroatoms. The molecule has 0 radical (unpaired) electrons. The minimum Gasteiger partial charge on any atom is -0.389 e. The fourth-order valence-corrected chi connectivity index (χ4v) is 2.81. The first-order valence-electron chi connectivity index (χ1n) is 6.10. The molecule has 0 spiro atoms. The number of carbonyl (C=O) groups excluding carboxylic acids is 2. The van der Waals surface area contributed by atoms with Crippen molar-refractivity contribution in [3.63, 3.8) is 0 Å². The van der Waals surface area contributed by atoms with Crippen molar-refractivity contribution in [3.8, 4) is 0 Å². The summed E-state index contributed by atoms with van der Waals surface area (Å²) in [5.74, 6) is -0.789. The topological polar surface area (TPSA) is 43.4 Å². The van der Waals surface area contributed by atoms with Gasteiger partial charge in [-0.2, -0.15) is 0 Å². The van der Waals surface area contributed by atoms with E-state index in [4.69, 9.17) is 4.74 Å². The first-order chi connectivity index (χ1) is 7.66. The van der Waals surface area contributed by atoms with Crippen LogP contribution in [0.2, 0.25) is 0 Å². The number of esters is 2. The number of hydrogen-bond donors (Lipinski definition) is 0. The van der Waals surface area contributed by atoms with Crippen molar-refractivity contribution in [2.45, 2.75) is 48.0 Å². The van der Waals surface area contributed by atoms with E-state index < -0.39 is 17.9 Å². The summed E-state index contributed by atoms with van der Waals surface area (Å²) in [6, 6.07) is 0. The van der Waals surface area contributed by atoms with E-state index in [1.54, 1.807) is 0 Å². The first-order valence-corrected chi connectivity index (χ1v) is 6.10. The smallest absolute Gasteiger partial charge is 0.342 e. The van der Waals surface area contributed by atoms with Crippen molar-refractivity contribution in [1.82, 2.24) is 0 Å². The second kappa shape index (κ2) is 4.63. The summed E-state index contributed by atoms with van der Waals surface area (Å²) in [6.07, 6.45) is 0.886. The third-order valence-corrected chi connectivity index (χ3v) is 3.19. The molecular formula is C14H22O3. The maximum Gasteiger partial charge on any atom is 0.342 e. The van der Waals surface area contributed by atoms with Gasteiger partial charge in [0.1, 0.15) is 0 Å². The van der Waals surface area contributed by atoms with Gasteiger partial charge in [-0.15, -0.1) is 0 Å². The predicted octanol–water partition coefficient (Wildman–Crippen LogP) is 3.09. The Morgan fingerprint density at radius 2 is 1.82 bits per heavy atom. The highest BCUT2D eigenvalue weighted by molar-refractivity contribution is 6.08. The van der Waals surface area contributed by atoms with Crippen LogP contribution in [0.1, 0.15) is 48.0 Å². The molecule has 1 aliphatic rings. The standard InChI is InChI=1S/C14H22O3/c1-8(2)7-14(5,6)11-10(9(3)4)12(15)17-13(11)16/h8,11H,7H2,1-6H3. The molecule has 0 N–H and O–H groups in total. The van der Waals surface area contributed by atoms with Crippen LogP contribution in [0.15, 0.2) is 11.1 Å². The van der Waals surface area contributed by atoms with E-state index in [9.17, 15) is 9.59 Å². The van der Waals surface area contributed by atoms with Gasteiger partial charge in [-0.25, -0.2) is 4.79 Å². The van der Waals surface area contributed by atoms with Crippen LogP contribution < -0.4 is 0 Å². The largest absolute Gasteiger partial charge is 0.389 e.